The molecule has 0 bridgehead atoms. The van der Waals surface area contributed by atoms with E-state index < -0.39 is 22.0 Å². The number of nitrogens with zero attached hydrogens (tertiary/aromatic N) is 3. The van der Waals surface area contributed by atoms with Crippen molar-refractivity contribution < 1.29 is 14.5 Å². The first-order chi connectivity index (χ1) is 5.30. The lowest BCUT2D eigenvalue weighted by atomic mass is 9.90. The van der Waals surface area contributed by atoms with E-state index in [-0.39, 0.29) is 0 Å². The smallest absolute Gasteiger partial charge is 0.354 e. The molecular formula is C6H9N3O3. The quantitative estimate of drug-likeness (QED) is 0.143. The molecule has 0 aromatic rings. The fourth-order valence-corrected chi connectivity index (χ4v) is 0.500. The monoisotopic (exact) mass is 171 g/mol. The minimum atomic E-state index is -1.03. The summed E-state index contributed by atoms with van der Waals surface area (Å²) in [5, 5.41) is 10.1. The van der Waals surface area contributed by atoms with Gasteiger partial charge in [0.2, 0.25) is 0 Å². The Hall–Kier alpha value is -1.55. The van der Waals surface area contributed by atoms with Gasteiger partial charge in [0.15, 0.2) is 0 Å². The van der Waals surface area contributed by atoms with Crippen molar-refractivity contribution >= 4 is 11.6 Å². The van der Waals surface area contributed by atoms with Crippen LogP contribution < -0.4 is 0 Å². The van der Waals surface area contributed by atoms with Crippen LogP contribution in [0.3, 0.4) is 0 Å². The highest BCUT2D eigenvalue weighted by Crippen LogP contribution is 2.14. The third kappa shape index (κ3) is 2.25. The van der Waals surface area contributed by atoms with E-state index in [9.17, 15) is 14.9 Å². The number of amidine groups is 1. The maximum atomic E-state index is 11.1. The van der Waals surface area contributed by atoms with Gasteiger partial charge in [0.05, 0.1) is 0 Å². The van der Waals surface area contributed by atoms with Crippen LogP contribution in [0.5, 0.6) is 0 Å². The summed E-state index contributed by atoms with van der Waals surface area (Å²) in [6.07, 6.45) is 0. The first kappa shape index (κ1) is 10.4. The molecule has 0 aromatic heterocycles. The number of ketones is 1. The molecule has 0 aliphatic heterocycles. The Morgan fingerprint density at radius 2 is 1.92 bits per heavy atom. The lowest BCUT2D eigenvalue weighted by Gasteiger charge is -2.08. The number of carbonyl (C=O) groups is 1. The Morgan fingerprint density at radius 3 is 2.00 bits per heavy atom. The van der Waals surface area contributed by atoms with E-state index in [0.717, 1.165) is 0 Å². The molecule has 0 aromatic carbocycles. The standard InChI is InChI=1S/C6H9N3O3/c1-6(2,3)4(10)5(8-7)9(11)12/h1-3H3. The van der Waals surface area contributed by atoms with Crippen molar-refractivity contribution in [2.75, 3.05) is 0 Å². The maximum Gasteiger partial charge on any atom is 0.648 e. The molecule has 0 N–H and O–H groups in total. The van der Waals surface area contributed by atoms with Crippen LogP contribution in [0.15, 0.2) is 0 Å². The molecule has 66 valence electrons. The predicted octanol–water partition coefficient (Wildman–Crippen LogP) is 0.507. The predicted molar refractivity (Wildman–Crippen MR) is 40.1 cm³/mol. The topological polar surface area (TPSA) is 96.6 Å². The van der Waals surface area contributed by atoms with Crippen molar-refractivity contribution in [2.45, 2.75) is 20.8 Å². The zero-order chi connectivity index (χ0) is 9.94. The van der Waals surface area contributed by atoms with Crippen LogP contribution in [-0.4, -0.2) is 21.3 Å². The van der Waals surface area contributed by atoms with Crippen molar-refractivity contribution in [2.24, 2.45) is 5.41 Å². The van der Waals surface area contributed by atoms with E-state index in [2.05, 4.69) is 4.79 Å². The molecule has 0 radical (unpaired) electrons. The van der Waals surface area contributed by atoms with Crippen molar-refractivity contribution in [3.63, 3.8) is 0 Å². The van der Waals surface area contributed by atoms with Crippen molar-refractivity contribution in [3.8, 4) is 0 Å². The van der Waals surface area contributed by atoms with Crippen LogP contribution in [0, 0.1) is 15.5 Å². The van der Waals surface area contributed by atoms with Gasteiger partial charge in [-0.1, -0.05) is 25.6 Å². The summed E-state index contributed by atoms with van der Waals surface area (Å²) in [4.78, 5) is 22.5. The summed E-state index contributed by atoms with van der Waals surface area (Å²) in [6, 6.07) is 0. The number of hydrogen-bond acceptors (Lipinski definition) is 3. The van der Waals surface area contributed by atoms with Gasteiger partial charge in [-0.15, -0.1) is 0 Å². The number of rotatable bonds is 1. The van der Waals surface area contributed by atoms with E-state index >= 15 is 0 Å². The summed E-state index contributed by atoms with van der Waals surface area (Å²) in [7, 11) is 0. The van der Waals surface area contributed by atoms with E-state index in [0.29, 0.717) is 0 Å². The summed E-state index contributed by atoms with van der Waals surface area (Å²) in [6.45, 7) is 4.51. The Morgan fingerprint density at radius 1 is 1.50 bits per heavy atom. The largest absolute Gasteiger partial charge is 0.648 e. The molecule has 0 atom stereocenters. The zero-order valence-electron chi connectivity index (χ0n) is 7.07. The normalized spacial score (nSPS) is 10.2. The third-order valence-corrected chi connectivity index (χ3v) is 1.15. The number of Topliss-reactive ketones (excluding diaryl/α,β-unsaturated/α-hetero) is 1. The van der Waals surface area contributed by atoms with Crippen LogP contribution in [0.4, 0.5) is 0 Å². The maximum absolute atomic E-state index is 11.1. The molecule has 12 heavy (non-hydrogen) atoms. The molecule has 0 aliphatic rings. The second-order valence-corrected chi connectivity index (χ2v) is 3.26. The van der Waals surface area contributed by atoms with Gasteiger partial charge >= 0.3 is 11.6 Å². The second-order valence-electron chi connectivity index (χ2n) is 3.26. The van der Waals surface area contributed by atoms with Gasteiger partial charge in [-0.05, 0) is 0 Å². The second kappa shape index (κ2) is 3.23. The van der Waals surface area contributed by atoms with Gasteiger partial charge in [-0.2, -0.15) is 0 Å². The average molecular weight is 171 g/mol. The highest BCUT2D eigenvalue weighted by atomic mass is 16.6. The molecular weight excluding hydrogens is 162 g/mol. The minimum Gasteiger partial charge on any atom is -0.354 e. The van der Waals surface area contributed by atoms with Crippen molar-refractivity contribution in [1.29, 1.82) is 0 Å². The van der Waals surface area contributed by atoms with E-state index in [1.54, 1.807) is 0 Å². The molecule has 0 rings (SSSR count). The van der Waals surface area contributed by atoms with Crippen LogP contribution in [-0.2, 0) is 4.79 Å². The first-order valence-corrected chi connectivity index (χ1v) is 3.22. The highest BCUT2D eigenvalue weighted by molar-refractivity contribution is 6.34. The van der Waals surface area contributed by atoms with Gasteiger partial charge in [0, 0.05) is 5.41 Å². The summed E-state index contributed by atoms with van der Waals surface area (Å²) in [5.74, 6) is -1.82. The highest BCUT2D eigenvalue weighted by Gasteiger charge is 2.42. The average Bonchev–Trinajstić information content (AvgIpc) is 1.86. The lowest BCUT2D eigenvalue weighted by molar-refractivity contribution is -0.382. The Bertz CT molecular complexity index is 270. The Kier molecular flexibility index (Phi) is 2.81. The van der Waals surface area contributed by atoms with Gasteiger partial charge in [0.25, 0.3) is 0 Å². The molecule has 6 heteroatoms. The molecule has 0 aliphatic carbocycles. The Balaban J connectivity index is 4.95. The van der Waals surface area contributed by atoms with E-state index in [1.807, 2.05) is 0 Å². The first-order valence-electron chi connectivity index (χ1n) is 3.22. The number of nitro groups is 1. The number of hydrogen-bond donors (Lipinski definition) is 0. The Labute approximate surface area is 69.0 Å². The SMILES string of the molecule is CC(C)(C)C(=O)C(=[N+]=[N-])[N+](=O)[O-]. The molecule has 0 heterocycles. The van der Waals surface area contributed by atoms with Crippen LogP contribution >= 0.6 is 0 Å². The lowest BCUT2D eigenvalue weighted by Crippen LogP contribution is -2.34. The molecule has 0 fully saturated rings. The number of carbonyl (C=O) groups excluding carboxylic acids is 1. The van der Waals surface area contributed by atoms with E-state index in [1.165, 1.54) is 20.8 Å². The molecule has 0 saturated heterocycles. The van der Waals surface area contributed by atoms with Gasteiger partial charge in [-0.3, -0.25) is 14.9 Å². The molecule has 0 spiro atoms. The van der Waals surface area contributed by atoms with E-state index in [4.69, 9.17) is 5.53 Å². The van der Waals surface area contributed by atoms with Crippen LogP contribution in [0.2, 0.25) is 0 Å². The fraction of sp³-hybridized carbons (Fsp3) is 0.667. The summed E-state index contributed by atoms with van der Waals surface area (Å²) >= 11 is 0. The fourth-order valence-electron chi connectivity index (χ4n) is 0.500. The molecule has 0 unspecified atom stereocenters. The summed E-state index contributed by atoms with van der Waals surface area (Å²) < 4.78 is 0. The van der Waals surface area contributed by atoms with Gasteiger partial charge in [0.1, 0.15) is 4.92 Å². The minimum absolute atomic E-state index is 0.796. The van der Waals surface area contributed by atoms with Crippen molar-refractivity contribution in [3.05, 3.63) is 15.6 Å². The summed E-state index contributed by atoms with van der Waals surface area (Å²) in [5.41, 5.74) is 7.25. The van der Waals surface area contributed by atoms with Gasteiger partial charge < -0.3 is 5.53 Å². The zero-order valence-corrected chi connectivity index (χ0v) is 7.07. The molecule has 6 nitrogen and oxygen atoms in total. The van der Waals surface area contributed by atoms with Crippen LogP contribution in [0.1, 0.15) is 20.8 Å². The van der Waals surface area contributed by atoms with Crippen molar-refractivity contribution in [1.82, 2.24) is 0 Å². The third-order valence-electron chi connectivity index (χ3n) is 1.15. The molecule has 0 amide bonds. The molecule has 0 saturated carbocycles. The van der Waals surface area contributed by atoms with Crippen LogP contribution in [0.25, 0.3) is 5.53 Å². The van der Waals surface area contributed by atoms with Gasteiger partial charge in [-0.25, -0.2) is 0 Å².